The normalized spacial score (nSPS) is 25.9. The number of likely N-dealkylation sites (tertiary alicyclic amines) is 1. The highest BCUT2D eigenvalue weighted by atomic mass is 16.4. The van der Waals surface area contributed by atoms with E-state index in [1.165, 1.54) is 0 Å². The molecular weight excluding hydrogens is 198 g/mol. The molecule has 1 saturated heterocycles. The van der Waals surface area contributed by atoms with Gasteiger partial charge in [0.15, 0.2) is 6.54 Å². The molecule has 0 aromatic rings. The van der Waals surface area contributed by atoms with Crippen molar-refractivity contribution in [2.75, 3.05) is 13.1 Å². The summed E-state index contributed by atoms with van der Waals surface area (Å²) in [6.45, 7) is 2.08. The van der Waals surface area contributed by atoms with Gasteiger partial charge in [-0.3, -0.25) is 4.79 Å². The van der Waals surface area contributed by atoms with Gasteiger partial charge in [-0.05, 0) is 12.8 Å². The van der Waals surface area contributed by atoms with E-state index >= 15 is 0 Å². The van der Waals surface area contributed by atoms with E-state index in [4.69, 9.17) is 5.11 Å². The van der Waals surface area contributed by atoms with Crippen LogP contribution in [0.1, 0.15) is 32.6 Å². The molecule has 1 unspecified atom stereocenters. The Balaban J connectivity index is 2.75. The molecule has 0 aromatic heterocycles. The molecule has 1 atom stereocenters. The number of hydrogen-bond acceptors (Lipinski definition) is 3. The van der Waals surface area contributed by atoms with Crippen LogP contribution in [0.25, 0.3) is 0 Å². The second kappa shape index (κ2) is 4.53. The molecule has 15 heavy (non-hydrogen) atoms. The number of quaternary nitrogens is 1. The molecule has 0 aromatic carbocycles. The Bertz CT molecular complexity index is 300. The maximum absolute atomic E-state index is 11.5. The van der Waals surface area contributed by atoms with E-state index in [2.05, 4.69) is 0 Å². The number of ketones is 1. The van der Waals surface area contributed by atoms with E-state index in [1.54, 1.807) is 0 Å². The van der Waals surface area contributed by atoms with Crippen molar-refractivity contribution < 1.29 is 24.0 Å². The van der Waals surface area contributed by atoms with Crippen LogP contribution in [-0.4, -0.2) is 40.5 Å². The summed E-state index contributed by atoms with van der Waals surface area (Å²) in [6, 6.07) is 0. The highest BCUT2D eigenvalue weighted by Crippen LogP contribution is 2.20. The number of unbranched alkanes of at least 4 members (excludes halogenated alkanes) is 2. The predicted molar refractivity (Wildman–Crippen MR) is 52.2 cm³/mol. The SMILES string of the molecule is CCCCC[N+]1(C(=O)O)CC(=O)CC1=O. The fraction of sp³-hybridized carbons (Fsp3) is 0.700. The van der Waals surface area contributed by atoms with Crippen LogP contribution in [0, 0.1) is 0 Å². The minimum Gasteiger partial charge on any atom is -0.435 e. The molecule has 0 spiro atoms. The lowest BCUT2D eigenvalue weighted by Gasteiger charge is -2.23. The minimum absolute atomic E-state index is 0.169. The first-order chi connectivity index (χ1) is 7.03. The molecule has 1 aliphatic rings. The van der Waals surface area contributed by atoms with E-state index in [-0.39, 0.29) is 25.3 Å². The van der Waals surface area contributed by atoms with Gasteiger partial charge in [-0.25, -0.2) is 4.79 Å². The molecule has 1 fully saturated rings. The molecule has 2 amide bonds. The van der Waals surface area contributed by atoms with Crippen molar-refractivity contribution >= 4 is 17.8 Å². The van der Waals surface area contributed by atoms with E-state index in [0.29, 0.717) is 6.42 Å². The number of rotatable bonds is 4. The molecule has 5 nitrogen and oxygen atoms in total. The summed E-state index contributed by atoms with van der Waals surface area (Å²) < 4.78 is -0.682. The Kier molecular flexibility index (Phi) is 3.57. The lowest BCUT2D eigenvalue weighted by atomic mass is 10.2. The zero-order valence-corrected chi connectivity index (χ0v) is 8.86. The maximum Gasteiger partial charge on any atom is 0.521 e. The summed E-state index contributed by atoms with van der Waals surface area (Å²) in [6.07, 6.45) is 1.10. The second-order valence-corrected chi connectivity index (χ2v) is 3.95. The summed E-state index contributed by atoms with van der Waals surface area (Å²) in [5, 5.41) is 9.05. The van der Waals surface area contributed by atoms with E-state index in [9.17, 15) is 14.4 Å². The van der Waals surface area contributed by atoms with Crippen molar-refractivity contribution in [2.24, 2.45) is 0 Å². The predicted octanol–water partition coefficient (Wildman–Crippen LogP) is 1.17. The molecule has 1 heterocycles. The van der Waals surface area contributed by atoms with Crippen LogP contribution in [0.3, 0.4) is 0 Å². The highest BCUT2D eigenvalue weighted by Gasteiger charge is 2.52. The van der Waals surface area contributed by atoms with Crippen molar-refractivity contribution in [2.45, 2.75) is 32.6 Å². The maximum atomic E-state index is 11.5. The van der Waals surface area contributed by atoms with Crippen LogP contribution in [0.15, 0.2) is 0 Å². The smallest absolute Gasteiger partial charge is 0.435 e. The first-order valence-electron chi connectivity index (χ1n) is 5.18. The Morgan fingerprint density at radius 2 is 2.07 bits per heavy atom. The number of hydrogen-bond donors (Lipinski definition) is 1. The van der Waals surface area contributed by atoms with Crippen molar-refractivity contribution in [3.63, 3.8) is 0 Å². The molecule has 1 N–H and O–H groups in total. The van der Waals surface area contributed by atoms with Crippen LogP contribution in [0.2, 0.25) is 0 Å². The first kappa shape index (κ1) is 11.8. The molecule has 0 bridgehead atoms. The van der Waals surface area contributed by atoms with Gasteiger partial charge >= 0.3 is 12.0 Å². The van der Waals surface area contributed by atoms with E-state index in [1.807, 2.05) is 6.92 Å². The van der Waals surface area contributed by atoms with Gasteiger partial charge in [0.1, 0.15) is 6.42 Å². The number of carboxylic acid groups (broad SMARTS) is 1. The average molecular weight is 214 g/mol. The quantitative estimate of drug-likeness (QED) is 0.433. The van der Waals surface area contributed by atoms with Crippen LogP contribution in [0.5, 0.6) is 0 Å². The summed E-state index contributed by atoms with van der Waals surface area (Å²) in [5.74, 6) is -0.734. The Morgan fingerprint density at radius 3 is 2.47 bits per heavy atom. The van der Waals surface area contributed by atoms with Crippen LogP contribution < -0.4 is 0 Å². The van der Waals surface area contributed by atoms with Gasteiger partial charge in [0.25, 0.3) is 0 Å². The molecule has 1 aliphatic heterocycles. The standard InChI is InChI=1S/C10H15NO4/c1-2-3-4-5-11(10(14)15)7-8(12)6-9(11)13/h2-7H2,1H3/p+1. The lowest BCUT2D eigenvalue weighted by Crippen LogP contribution is -2.54. The van der Waals surface area contributed by atoms with Crippen LogP contribution >= 0.6 is 0 Å². The number of carbonyl (C=O) groups excluding carboxylic acids is 2. The van der Waals surface area contributed by atoms with Gasteiger partial charge in [-0.1, -0.05) is 13.3 Å². The third-order valence-electron chi connectivity index (χ3n) is 2.78. The second-order valence-electron chi connectivity index (χ2n) is 3.95. The molecule has 0 aliphatic carbocycles. The third-order valence-corrected chi connectivity index (χ3v) is 2.78. The van der Waals surface area contributed by atoms with Gasteiger partial charge < -0.3 is 5.11 Å². The van der Waals surface area contributed by atoms with Gasteiger partial charge in [0.2, 0.25) is 5.78 Å². The number of carbonyl (C=O) groups is 3. The molecule has 84 valence electrons. The molecule has 5 heteroatoms. The zero-order chi connectivity index (χ0) is 11.5. The fourth-order valence-electron chi connectivity index (χ4n) is 1.87. The molecular formula is C10H16NO4+. The first-order valence-corrected chi connectivity index (χ1v) is 5.18. The number of Topliss-reactive ketones (excluding diaryl/α,β-unsaturated/α-hetero) is 1. The van der Waals surface area contributed by atoms with Gasteiger partial charge in [-0.2, -0.15) is 9.28 Å². The monoisotopic (exact) mass is 214 g/mol. The van der Waals surface area contributed by atoms with E-state index in [0.717, 1.165) is 12.8 Å². The number of nitrogens with zero attached hydrogens (tertiary/aromatic N) is 1. The van der Waals surface area contributed by atoms with Gasteiger partial charge in [-0.15, -0.1) is 0 Å². The summed E-state index contributed by atoms with van der Waals surface area (Å²) >= 11 is 0. The van der Waals surface area contributed by atoms with Crippen LogP contribution in [0.4, 0.5) is 4.79 Å². The Hall–Kier alpha value is -1.23. The fourth-order valence-corrected chi connectivity index (χ4v) is 1.87. The molecule has 0 saturated carbocycles. The lowest BCUT2D eigenvalue weighted by molar-refractivity contribution is -0.767. The Labute approximate surface area is 88.3 Å². The van der Waals surface area contributed by atoms with Crippen molar-refractivity contribution in [1.82, 2.24) is 0 Å². The minimum atomic E-state index is -1.19. The van der Waals surface area contributed by atoms with Crippen molar-refractivity contribution in [3.8, 4) is 0 Å². The zero-order valence-electron chi connectivity index (χ0n) is 8.86. The van der Waals surface area contributed by atoms with Gasteiger partial charge in [0.05, 0.1) is 6.54 Å². The number of amides is 2. The Morgan fingerprint density at radius 1 is 1.40 bits per heavy atom. The molecule has 1 rings (SSSR count). The average Bonchev–Trinajstić information content (AvgIpc) is 2.43. The topological polar surface area (TPSA) is 71.4 Å². The third kappa shape index (κ3) is 2.23. The van der Waals surface area contributed by atoms with Crippen molar-refractivity contribution in [1.29, 1.82) is 0 Å². The summed E-state index contributed by atoms with van der Waals surface area (Å²) in [5.41, 5.74) is 0. The largest absolute Gasteiger partial charge is 0.521 e. The summed E-state index contributed by atoms with van der Waals surface area (Å²) in [7, 11) is 0. The highest BCUT2D eigenvalue weighted by molar-refractivity contribution is 6.04. The van der Waals surface area contributed by atoms with Gasteiger partial charge in [0, 0.05) is 0 Å². The summed E-state index contributed by atoms with van der Waals surface area (Å²) in [4.78, 5) is 33.7. The molecule has 0 radical (unpaired) electrons. The van der Waals surface area contributed by atoms with E-state index < -0.39 is 16.5 Å². The van der Waals surface area contributed by atoms with Crippen LogP contribution in [-0.2, 0) is 9.59 Å². The number of imide groups is 1. The van der Waals surface area contributed by atoms with Crippen molar-refractivity contribution in [3.05, 3.63) is 0 Å².